The van der Waals surface area contributed by atoms with Crippen molar-refractivity contribution >= 4 is 0 Å². The van der Waals surface area contributed by atoms with Crippen molar-refractivity contribution < 1.29 is 24.1 Å². The maximum absolute atomic E-state index is 12.4. The Labute approximate surface area is 188 Å². The average Bonchev–Trinajstić information content (AvgIpc) is 3.42. The van der Waals surface area contributed by atoms with Gasteiger partial charge in [-0.25, -0.2) is 0 Å². The van der Waals surface area contributed by atoms with Crippen molar-refractivity contribution in [1.29, 1.82) is 0 Å². The Morgan fingerprint density at radius 1 is 1.06 bits per heavy atom. The third-order valence-electron chi connectivity index (χ3n) is 8.73. The molecule has 0 amide bonds. The summed E-state index contributed by atoms with van der Waals surface area (Å²) in [5.74, 6) is 0.728. The number of aliphatic hydroxyl groups is 1. The summed E-state index contributed by atoms with van der Waals surface area (Å²) in [6.07, 6.45) is 2.56. The average molecular weight is 436 g/mol. The van der Waals surface area contributed by atoms with Gasteiger partial charge in [0.1, 0.15) is 6.61 Å². The number of benzene rings is 2. The molecule has 5 aliphatic rings. The number of fused-ring (bicyclic) bond motifs is 1. The Hall–Kier alpha value is -2.12. The van der Waals surface area contributed by atoms with Crippen LogP contribution in [0.15, 0.2) is 42.5 Å². The van der Waals surface area contributed by atoms with Gasteiger partial charge in [0.15, 0.2) is 17.6 Å². The van der Waals surface area contributed by atoms with Crippen molar-refractivity contribution in [2.24, 2.45) is 0 Å². The van der Waals surface area contributed by atoms with Gasteiger partial charge < -0.3 is 29.0 Å². The monoisotopic (exact) mass is 435 g/mol. The molecule has 6 nitrogen and oxygen atoms in total. The van der Waals surface area contributed by atoms with E-state index in [0.29, 0.717) is 32.7 Å². The van der Waals surface area contributed by atoms with Crippen LogP contribution < -0.4 is 9.47 Å². The highest BCUT2D eigenvalue weighted by molar-refractivity contribution is 5.63. The van der Waals surface area contributed by atoms with E-state index in [-0.39, 0.29) is 12.1 Å². The Bertz CT molecular complexity index is 1070. The summed E-state index contributed by atoms with van der Waals surface area (Å²) in [6.45, 7) is 2.52. The number of piperidine rings is 1. The molecule has 2 aromatic carbocycles. The summed E-state index contributed by atoms with van der Waals surface area (Å²) in [6, 6.07) is 14.4. The predicted molar refractivity (Wildman–Crippen MR) is 117 cm³/mol. The summed E-state index contributed by atoms with van der Waals surface area (Å²) in [7, 11) is 2.14. The second-order valence-electron chi connectivity index (χ2n) is 10.1. The zero-order chi connectivity index (χ0) is 21.6. The first-order valence-corrected chi connectivity index (χ1v) is 11.8. The summed E-state index contributed by atoms with van der Waals surface area (Å²) >= 11 is 0. The number of hydrogen-bond acceptors (Lipinski definition) is 6. The molecule has 4 atom stereocenters. The van der Waals surface area contributed by atoms with Gasteiger partial charge in [0.25, 0.3) is 0 Å². The van der Waals surface area contributed by atoms with Crippen molar-refractivity contribution in [3.05, 3.63) is 59.2 Å². The molecule has 1 saturated carbocycles. The maximum Gasteiger partial charge on any atom is 0.207 e. The first kappa shape index (κ1) is 19.4. The Kier molecular flexibility index (Phi) is 3.92. The molecule has 6 heteroatoms. The highest BCUT2D eigenvalue weighted by atomic mass is 16.8. The van der Waals surface area contributed by atoms with E-state index in [4.69, 9.17) is 18.9 Å². The molecule has 168 valence electrons. The quantitative estimate of drug-likeness (QED) is 0.800. The number of hydrogen-bond donors (Lipinski definition) is 1. The number of rotatable bonds is 3. The van der Waals surface area contributed by atoms with E-state index in [2.05, 4.69) is 30.1 Å². The van der Waals surface area contributed by atoms with Crippen LogP contribution in [0.1, 0.15) is 36.0 Å². The van der Waals surface area contributed by atoms with Gasteiger partial charge in [-0.15, -0.1) is 0 Å². The van der Waals surface area contributed by atoms with E-state index in [1.807, 2.05) is 24.3 Å². The summed E-state index contributed by atoms with van der Waals surface area (Å²) in [4.78, 5) is 2.33. The summed E-state index contributed by atoms with van der Waals surface area (Å²) in [5.41, 5.74) is 2.09. The molecule has 0 radical (unpaired) electrons. The summed E-state index contributed by atoms with van der Waals surface area (Å²) in [5, 5.41) is 12.4. The van der Waals surface area contributed by atoms with Crippen LogP contribution in [0.25, 0.3) is 0 Å². The molecule has 2 aromatic rings. The molecule has 7 rings (SSSR count). The van der Waals surface area contributed by atoms with Gasteiger partial charge in [-0.1, -0.05) is 36.4 Å². The van der Waals surface area contributed by atoms with Crippen LogP contribution >= 0.6 is 0 Å². The van der Waals surface area contributed by atoms with E-state index >= 15 is 0 Å². The Morgan fingerprint density at radius 2 is 1.88 bits per heavy atom. The van der Waals surface area contributed by atoms with Crippen molar-refractivity contribution in [2.45, 2.75) is 61.2 Å². The van der Waals surface area contributed by atoms with Crippen molar-refractivity contribution in [3.8, 4) is 11.5 Å². The minimum atomic E-state index is -0.873. The third-order valence-corrected chi connectivity index (χ3v) is 8.73. The van der Waals surface area contributed by atoms with Gasteiger partial charge in [0.05, 0.1) is 24.2 Å². The Balaban J connectivity index is 1.38. The van der Waals surface area contributed by atoms with Crippen molar-refractivity contribution in [2.75, 3.05) is 26.8 Å². The molecule has 4 unspecified atom stereocenters. The van der Waals surface area contributed by atoms with Crippen LogP contribution in [0.2, 0.25) is 0 Å². The molecule has 3 fully saturated rings. The SMILES string of the molecule is CN1CCC23c4c5ccc(OCc6ccccc6)c4OC2C2(CCC3(O)C1C5)OCCO2. The highest BCUT2D eigenvalue weighted by Crippen LogP contribution is 2.67. The largest absolute Gasteiger partial charge is 0.485 e. The van der Waals surface area contributed by atoms with Crippen molar-refractivity contribution in [1.82, 2.24) is 4.90 Å². The molecule has 0 aromatic heterocycles. The highest BCUT2D eigenvalue weighted by Gasteiger charge is 2.77. The molecule has 32 heavy (non-hydrogen) atoms. The molecular formula is C26H29NO5. The molecule has 3 aliphatic heterocycles. The third kappa shape index (κ3) is 2.24. The van der Waals surface area contributed by atoms with Gasteiger partial charge >= 0.3 is 0 Å². The topological polar surface area (TPSA) is 60.4 Å². The minimum Gasteiger partial charge on any atom is -0.485 e. The van der Waals surface area contributed by atoms with Crippen LogP contribution in [0, 0.1) is 0 Å². The summed E-state index contributed by atoms with van der Waals surface area (Å²) < 4.78 is 25.6. The molecule has 2 spiro atoms. The van der Waals surface area contributed by atoms with E-state index in [0.717, 1.165) is 42.0 Å². The molecule has 3 heterocycles. The number of likely N-dealkylation sites (N-methyl/N-ethyl adjacent to an activating group) is 1. The number of likely N-dealkylation sites (tertiary alicyclic amines) is 1. The second kappa shape index (κ2) is 6.48. The molecule has 1 N–H and O–H groups in total. The smallest absolute Gasteiger partial charge is 0.207 e. The minimum absolute atomic E-state index is 0.0654. The fraction of sp³-hybridized carbons (Fsp3) is 0.538. The van der Waals surface area contributed by atoms with Gasteiger partial charge in [0.2, 0.25) is 5.79 Å². The van der Waals surface area contributed by atoms with Gasteiger partial charge in [0, 0.05) is 18.0 Å². The Morgan fingerprint density at radius 3 is 2.69 bits per heavy atom. The van der Waals surface area contributed by atoms with E-state index in [1.165, 1.54) is 5.56 Å². The van der Waals surface area contributed by atoms with Crippen molar-refractivity contribution in [3.63, 3.8) is 0 Å². The maximum atomic E-state index is 12.4. The van der Waals surface area contributed by atoms with Crippen LogP contribution in [0.4, 0.5) is 0 Å². The molecule has 2 bridgehead atoms. The first-order chi connectivity index (χ1) is 15.6. The number of nitrogens with zero attached hydrogens (tertiary/aromatic N) is 1. The normalized spacial score (nSPS) is 36.1. The van der Waals surface area contributed by atoms with Crippen LogP contribution in [-0.4, -0.2) is 60.3 Å². The lowest BCUT2D eigenvalue weighted by Crippen LogP contribution is -2.79. The van der Waals surface area contributed by atoms with Gasteiger partial charge in [-0.05, 0) is 50.0 Å². The predicted octanol–water partition coefficient (Wildman–Crippen LogP) is 2.79. The van der Waals surface area contributed by atoms with Crippen LogP contribution in [0.5, 0.6) is 11.5 Å². The molecule has 2 saturated heterocycles. The molecule has 2 aliphatic carbocycles. The van der Waals surface area contributed by atoms with E-state index < -0.39 is 16.8 Å². The van der Waals surface area contributed by atoms with Gasteiger partial charge in [-0.3, -0.25) is 0 Å². The van der Waals surface area contributed by atoms with E-state index in [9.17, 15) is 5.11 Å². The zero-order valence-electron chi connectivity index (χ0n) is 18.4. The van der Waals surface area contributed by atoms with Crippen LogP contribution in [0.3, 0.4) is 0 Å². The second-order valence-corrected chi connectivity index (χ2v) is 10.1. The lowest BCUT2D eigenvalue weighted by Gasteiger charge is -2.64. The van der Waals surface area contributed by atoms with Crippen LogP contribution in [-0.2, 0) is 27.9 Å². The lowest BCUT2D eigenvalue weighted by atomic mass is 9.48. The van der Waals surface area contributed by atoms with E-state index in [1.54, 1.807) is 0 Å². The number of ether oxygens (including phenoxy) is 4. The molecular weight excluding hydrogens is 406 g/mol. The fourth-order valence-corrected chi connectivity index (χ4v) is 7.32. The zero-order valence-corrected chi connectivity index (χ0v) is 18.4. The fourth-order valence-electron chi connectivity index (χ4n) is 7.32. The van der Waals surface area contributed by atoms with Gasteiger partial charge in [-0.2, -0.15) is 0 Å². The first-order valence-electron chi connectivity index (χ1n) is 11.8. The lowest BCUT2D eigenvalue weighted by molar-refractivity contribution is -0.295. The standard InChI is InChI=1S/C26H29NO5/c1-27-12-11-24-21-18-7-8-19(29-16-17-5-3-2-4-6-17)22(21)32-23(24)26(30-13-14-31-26)10-9-25(24,28)20(27)15-18/h2-8,20,23,28H,9-16H2,1H3.